The van der Waals surface area contributed by atoms with Crippen molar-refractivity contribution in [2.75, 3.05) is 6.61 Å². The lowest BCUT2D eigenvalue weighted by Crippen LogP contribution is -2.35. The minimum absolute atomic E-state index is 0.0160. The summed E-state index contributed by atoms with van der Waals surface area (Å²) in [6, 6.07) is 10.1. The quantitative estimate of drug-likeness (QED) is 0.882. The number of hydrogen-bond donors (Lipinski definition) is 2. The lowest BCUT2D eigenvalue weighted by Gasteiger charge is -2.15. The van der Waals surface area contributed by atoms with E-state index in [0.29, 0.717) is 12.6 Å². The Balaban J connectivity index is 1.80. The molecule has 4 nitrogen and oxygen atoms in total. The molecular formula is C15H18N2O2. The first-order valence-corrected chi connectivity index (χ1v) is 6.70. The first-order chi connectivity index (χ1) is 9.24. The second-order valence-electron chi connectivity index (χ2n) is 5.06. The van der Waals surface area contributed by atoms with Crippen LogP contribution in [0, 0.1) is 0 Å². The largest absolute Gasteiger partial charge is 0.377 e. The van der Waals surface area contributed by atoms with E-state index in [0.717, 1.165) is 29.5 Å². The number of hydrogen-bond acceptors (Lipinski definition) is 3. The maximum Gasteiger partial charge on any atom is 0.252 e. The van der Waals surface area contributed by atoms with Gasteiger partial charge in [-0.15, -0.1) is 0 Å². The number of benzene rings is 1. The molecule has 2 heterocycles. The number of ether oxygens (including phenoxy) is 1. The zero-order valence-electron chi connectivity index (χ0n) is 11.0. The van der Waals surface area contributed by atoms with Crippen LogP contribution in [0.2, 0.25) is 0 Å². The Labute approximate surface area is 111 Å². The van der Waals surface area contributed by atoms with E-state index in [1.807, 2.05) is 30.3 Å². The lowest BCUT2D eigenvalue weighted by molar-refractivity contribution is 0.113. The smallest absolute Gasteiger partial charge is 0.252 e. The highest BCUT2D eigenvalue weighted by atomic mass is 16.5. The van der Waals surface area contributed by atoms with Gasteiger partial charge in [0, 0.05) is 30.3 Å². The van der Waals surface area contributed by atoms with Crippen molar-refractivity contribution in [3.05, 3.63) is 46.2 Å². The van der Waals surface area contributed by atoms with Crippen LogP contribution in [-0.2, 0) is 11.3 Å². The van der Waals surface area contributed by atoms with Gasteiger partial charge in [-0.3, -0.25) is 4.79 Å². The fourth-order valence-electron chi connectivity index (χ4n) is 2.56. The fourth-order valence-corrected chi connectivity index (χ4v) is 2.56. The van der Waals surface area contributed by atoms with Gasteiger partial charge in [0.1, 0.15) is 0 Å². The molecule has 1 aliphatic heterocycles. The van der Waals surface area contributed by atoms with E-state index in [1.165, 1.54) is 0 Å². The fraction of sp³-hybridized carbons (Fsp3) is 0.400. The van der Waals surface area contributed by atoms with Gasteiger partial charge in [0.25, 0.3) is 5.56 Å². The number of rotatable bonds is 3. The third-order valence-electron chi connectivity index (χ3n) is 3.76. The minimum Gasteiger partial charge on any atom is -0.377 e. The SMILES string of the molecule is CC1OCCC1NCc1cc2ccccc2[nH]c1=O. The molecule has 1 aromatic carbocycles. The Kier molecular flexibility index (Phi) is 3.36. The molecule has 1 aromatic heterocycles. The van der Waals surface area contributed by atoms with Gasteiger partial charge in [0.2, 0.25) is 0 Å². The number of pyridine rings is 1. The second-order valence-corrected chi connectivity index (χ2v) is 5.06. The van der Waals surface area contributed by atoms with Crippen LogP contribution in [0.3, 0.4) is 0 Å². The van der Waals surface area contributed by atoms with Gasteiger partial charge in [-0.2, -0.15) is 0 Å². The van der Waals surface area contributed by atoms with Gasteiger partial charge >= 0.3 is 0 Å². The van der Waals surface area contributed by atoms with Gasteiger partial charge in [0.05, 0.1) is 6.10 Å². The first-order valence-electron chi connectivity index (χ1n) is 6.70. The maximum atomic E-state index is 12.0. The molecule has 0 saturated carbocycles. The predicted octanol–water partition coefficient (Wildman–Crippen LogP) is 1.80. The second kappa shape index (κ2) is 5.15. The average molecular weight is 258 g/mol. The Morgan fingerprint density at radius 2 is 2.26 bits per heavy atom. The Bertz CT molecular complexity index is 635. The van der Waals surface area contributed by atoms with Crippen LogP contribution >= 0.6 is 0 Å². The highest BCUT2D eigenvalue weighted by Gasteiger charge is 2.23. The van der Waals surface area contributed by atoms with Crippen molar-refractivity contribution in [1.82, 2.24) is 10.3 Å². The molecule has 3 rings (SSSR count). The molecule has 1 fully saturated rings. The molecule has 2 aromatic rings. The monoisotopic (exact) mass is 258 g/mol. The summed E-state index contributed by atoms with van der Waals surface area (Å²) >= 11 is 0. The molecule has 2 atom stereocenters. The van der Waals surface area contributed by atoms with Crippen molar-refractivity contribution < 1.29 is 4.74 Å². The van der Waals surface area contributed by atoms with Crippen molar-refractivity contribution in [3.8, 4) is 0 Å². The van der Waals surface area contributed by atoms with Crippen LogP contribution < -0.4 is 10.9 Å². The van der Waals surface area contributed by atoms with E-state index in [1.54, 1.807) is 0 Å². The van der Waals surface area contributed by atoms with Crippen LogP contribution in [0.15, 0.2) is 35.1 Å². The summed E-state index contributed by atoms with van der Waals surface area (Å²) < 4.78 is 5.51. The van der Waals surface area contributed by atoms with Gasteiger partial charge in [0.15, 0.2) is 0 Å². The number of aromatic nitrogens is 1. The Hall–Kier alpha value is -1.65. The van der Waals surface area contributed by atoms with Crippen molar-refractivity contribution in [1.29, 1.82) is 0 Å². The van der Waals surface area contributed by atoms with Gasteiger partial charge < -0.3 is 15.0 Å². The van der Waals surface area contributed by atoms with Crippen LogP contribution in [0.5, 0.6) is 0 Å². The topological polar surface area (TPSA) is 54.1 Å². The maximum absolute atomic E-state index is 12.0. The minimum atomic E-state index is -0.0160. The van der Waals surface area contributed by atoms with E-state index in [2.05, 4.69) is 17.2 Å². The molecular weight excluding hydrogens is 240 g/mol. The number of para-hydroxylation sites is 1. The standard InChI is InChI=1S/C15H18N2O2/c1-10-13(6-7-19-10)16-9-12-8-11-4-2-3-5-14(11)17-15(12)18/h2-5,8,10,13,16H,6-7,9H2,1H3,(H,17,18). The van der Waals surface area contributed by atoms with E-state index < -0.39 is 0 Å². The molecule has 0 bridgehead atoms. The van der Waals surface area contributed by atoms with Crippen LogP contribution in [0.25, 0.3) is 10.9 Å². The zero-order chi connectivity index (χ0) is 13.2. The van der Waals surface area contributed by atoms with Crippen molar-refractivity contribution in [2.24, 2.45) is 0 Å². The Morgan fingerprint density at radius 1 is 1.42 bits per heavy atom. The molecule has 1 saturated heterocycles. The summed E-state index contributed by atoms with van der Waals surface area (Å²) in [5.74, 6) is 0. The summed E-state index contributed by atoms with van der Waals surface area (Å²) in [5, 5.41) is 4.47. The van der Waals surface area contributed by atoms with E-state index in [9.17, 15) is 4.79 Å². The van der Waals surface area contributed by atoms with Crippen LogP contribution in [0.4, 0.5) is 0 Å². The number of H-pyrrole nitrogens is 1. The van der Waals surface area contributed by atoms with Crippen LogP contribution in [0.1, 0.15) is 18.9 Å². The average Bonchev–Trinajstić information content (AvgIpc) is 2.82. The normalized spacial score (nSPS) is 23.0. The molecule has 100 valence electrons. The summed E-state index contributed by atoms with van der Waals surface area (Å²) in [5.41, 5.74) is 1.64. The molecule has 2 N–H and O–H groups in total. The summed E-state index contributed by atoms with van der Waals surface area (Å²) in [7, 11) is 0. The molecule has 4 heteroatoms. The van der Waals surface area contributed by atoms with Crippen molar-refractivity contribution >= 4 is 10.9 Å². The number of fused-ring (bicyclic) bond motifs is 1. The molecule has 0 spiro atoms. The molecule has 0 aliphatic carbocycles. The van der Waals surface area contributed by atoms with Crippen molar-refractivity contribution in [3.63, 3.8) is 0 Å². The predicted molar refractivity (Wildman–Crippen MR) is 75.2 cm³/mol. The van der Waals surface area contributed by atoms with Gasteiger partial charge in [-0.05, 0) is 30.9 Å². The zero-order valence-corrected chi connectivity index (χ0v) is 11.0. The number of aromatic amines is 1. The molecule has 1 aliphatic rings. The summed E-state index contributed by atoms with van der Waals surface area (Å²) in [6.07, 6.45) is 1.23. The first kappa shape index (κ1) is 12.4. The highest BCUT2D eigenvalue weighted by molar-refractivity contribution is 5.78. The lowest BCUT2D eigenvalue weighted by atomic mass is 10.1. The third kappa shape index (κ3) is 2.55. The van der Waals surface area contributed by atoms with Gasteiger partial charge in [-0.1, -0.05) is 18.2 Å². The summed E-state index contributed by atoms with van der Waals surface area (Å²) in [4.78, 5) is 14.9. The Morgan fingerprint density at radius 3 is 3.05 bits per heavy atom. The van der Waals surface area contributed by atoms with Crippen molar-refractivity contribution in [2.45, 2.75) is 32.0 Å². The van der Waals surface area contributed by atoms with E-state index in [4.69, 9.17) is 4.74 Å². The molecule has 0 radical (unpaired) electrons. The van der Waals surface area contributed by atoms with E-state index in [-0.39, 0.29) is 11.7 Å². The molecule has 19 heavy (non-hydrogen) atoms. The molecule has 2 unspecified atom stereocenters. The van der Waals surface area contributed by atoms with Crippen LogP contribution in [-0.4, -0.2) is 23.7 Å². The molecule has 0 amide bonds. The van der Waals surface area contributed by atoms with E-state index >= 15 is 0 Å². The third-order valence-corrected chi connectivity index (χ3v) is 3.76. The highest BCUT2D eigenvalue weighted by Crippen LogP contribution is 2.14. The summed E-state index contributed by atoms with van der Waals surface area (Å²) in [6.45, 7) is 3.45. The van der Waals surface area contributed by atoms with Gasteiger partial charge in [-0.25, -0.2) is 0 Å². The number of nitrogens with one attached hydrogen (secondary N) is 2.